The van der Waals surface area contributed by atoms with Gasteiger partial charge in [0, 0.05) is 23.9 Å². The fourth-order valence-corrected chi connectivity index (χ4v) is 2.30. The lowest BCUT2D eigenvalue weighted by Crippen LogP contribution is -2.26. The molecule has 0 saturated carbocycles. The zero-order valence-electron chi connectivity index (χ0n) is 14.2. The SMILES string of the molecule is CNC(=O)c1ccc(NC(=O)Cn2nc(-c3ccc(F)cc3)oc2=O)cc1. The van der Waals surface area contributed by atoms with Crippen LogP contribution in [-0.2, 0) is 11.3 Å². The highest BCUT2D eigenvalue weighted by Crippen LogP contribution is 2.15. The summed E-state index contributed by atoms with van der Waals surface area (Å²) in [5, 5.41) is 9.03. The zero-order valence-corrected chi connectivity index (χ0v) is 14.2. The monoisotopic (exact) mass is 370 g/mol. The van der Waals surface area contributed by atoms with E-state index in [9.17, 15) is 18.8 Å². The number of nitrogens with zero attached hydrogens (tertiary/aromatic N) is 2. The van der Waals surface area contributed by atoms with Crippen molar-refractivity contribution in [1.29, 1.82) is 0 Å². The van der Waals surface area contributed by atoms with Crippen LogP contribution in [-0.4, -0.2) is 28.6 Å². The molecule has 0 spiro atoms. The molecular formula is C18H15FN4O4. The molecule has 0 fully saturated rings. The van der Waals surface area contributed by atoms with Crippen LogP contribution >= 0.6 is 0 Å². The van der Waals surface area contributed by atoms with Crippen molar-refractivity contribution in [3.8, 4) is 11.5 Å². The third-order valence-corrected chi connectivity index (χ3v) is 3.65. The maximum atomic E-state index is 13.0. The van der Waals surface area contributed by atoms with E-state index in [0.717, 1.165) is 4.68 Å². The summed E-state index contributed by atoms with van der Waals surface area (Å²) in [6.45, 7) is -0.360. The van der Waals surface area contributed by atoms with Crippen molar-refractivity contribution in [3.05, 3.63) is 70.5 Å². The van der Waals surface area contributed by atoms with Crippen LogP contribution in [0.2, 0.25) is 0 Å². The van der Waals surface area contributed by atoms with Crippen molar-refractivity contribution in [3.63, 3.8) is 0 Å². The molecule has 0 aliphatic heterocycles. The summed E-state index contributed by atoms with van der Waals surface area (Å²) < 4.78 is 18.8. The van der Waals surface area contributed by atoms with Gasteiger partial charge in [-0.15, -0.1) is 5.10 Å². The average molecular weight is 370 g/mol. The van der Waals surface area contributed by atoms with Gasteiger partial charge in [0.05, 0.1) is 0 Å². The summed E-state index contributed by atoms with van der Waals surface area (Å²) in [7, 11) is 1.52. The molecule has 2 aromatic carbocycles. The fourth-order valence-electron chi connectivity index (χ4n) is 2.30. The Balaban J connectivity index is 1.68. The van der Waals surface area contributed by atoms with Crippen LogP contribution < -0.4 is 16.4 Å². The van der Waals surface area contributed by atoms with Crippen LogP contribution in [0.3, 0.4) is 0 Å². The summed E-state index contributed by atoms with van der Waals surface area (Å²) in [5.41, 5.74) is 1.33. The largest absolute Gasteiger partial charge is 0.437 e. The first-order valence-corrected chi connectivity index (χ1v) is 7.92. The van der Waals surface area contributed by atoms with Crippen LogP contribution in [0.25, 0.3) is 11.5 Å². The number of benzene rings is 2. The van der Waals surface area contributed by atoms with Gasteiger partial charge in [-0.25, -0.2) is 9.18 Å². The van der Waals surface area contributed by atoms with Crippen molar-refractivity contribution in [2.45, 2.75) is 6.54 Å². The number of amides is 2. The van der Waals surface area contributed by atoms with Crippen molar-refractivity contribution < 1.29 is 18.4 Å². The van der Waals surface area contributed by atoms with Crippen molar-refractivity contribution in [1.82, 2.24) is 15.1 Å². The van der Waals surface area contributed by atoms with Crippen LogP contribution in [0.4, 0.5) is 10.1 Å². The molecule has 0 atom stereocenters. The average Bonchev–Trinajstić information content (AvgIpc) is 3.02. The van der Waals surface area contributed by atoms with Crippen molar-refractivity contribution in [2.75, 3.05) is 12.4 Å². The second-order valence-corrected chi connectivity index (χ2v) is 5.54. The van der Waals surface area contributed by atoms with Gasteiger partial charge in [0.2, 0.25) is 11.8 Å². The maximum absolute atomic E-state index is 13.0. The second-order valence-electron chi connectivity index (χ2n) is 5.54. The first-order chi connectivity index (χ1) is 13.0. The van der Waals surface area contributed by atoms with E-state index in [-0.39, 0.29) is 18.3 Å². The van der Waals surface area contributed by atoms with E-state index >= 15 is 0 Å². The van der Waals surface area contributed by atoms with Gasteiger partial charge >= 0.3 is 5.76 Å². The Morgan fingerprint density at radius 1 is 1.11 bits per heavy atom. The summed E-state index contributed by atoms with van der Waals surface area (Å²) in [5.74, 6) is -1.98. The zero-order chi connectivity index (χ0) is 19.4. The lowest BCUT2D eigenvalue weighted by Gasteiger charge is -2.05. The highest BCUT2D eigenvalue weighted by Gasteiger charge is 2.14. The molecular weight excluding hydrogens is 355 g/mol. The standard InChI is InChI=1S/C18H15FN4O4/c1-20-16(25)11-4-8-14(9-5-11)21-15(24)10-23-18(26)27-17(22-23)12-2-6-13(19)7-3-12/h2-9H,10H2,1H3,(H,20,25)(H,21,24). The van der Waals surface area contributed by atoms with E-state index in [1.807, 2.05) is 0 Å². The molecule has 2 amide bonds. The van der Waals surface area contributed by atoms with Gasteiger partial charge in [-0.1, -0.05) is 0 Å². The van der Waals surface area contributed by atoms with E-state index in [1.165, 1.54) is 31.3 Å². The topological polar surface area (TPSA) is 106 Å². The summed E-state index contributed by atoms with van der Waals surface area (Å²) >= 11 is 0. The van der Waals surface area contributed by atoms with Gasteiger partial charge in [0.15, 0.2) is 0 Å². The normalized spacial score (nSPS) is 10.4. The Kier molecular flexibility index (Phi) is 5.11. The lowest BCUT2D eigenvalue weighted by atomic mass is 10.2. The first-order valence-electron chi connectivity index (χ1n) is 7.92. The van der Waals surface area contributed by atoms with Crippen molar-refractivity contribution >= 4 is 17.5 Å². The minimum absolute atomic E-state index is 0.0114. The minimum Gasteiger partial charge on any atom is -0.388 e. The van der Waals surface area contributed by atoms with Gasteiger partial charge in [0.25, 0.3) is 5.91 Å². The Morgan fingerprint density at radius 3 is 2.41 bits per heavy atom. The van der Waals surface area contributed by atoms with Crippen molar-refractivity contribution in [2.24, 2.45) is 0 Å². The molecule has 3 aromatic rings. The molecule has 0 radical (unpaired) electrons. The molecule has 138 valence electrons. The van der Waals surface area contributed by atoms with Gasteiger partial charge in [-0.2, -0.15) is 4.68 Å². The number of aromatic nitrogens is 2. The molecule has 2 N–H and O–H groups in total. The van der Waals surface area contributed by atoms with E-state index < -0.39 is 17.5 Å². The maximum Gasteiger partial charge on any atom is 0.437 e. The lowest BCUT2D eigenvalue weighted by molar-refractivity contribution is -0.117. The fraction of sp³-hybridized carbons (Fsp3) is 0.111. The number of carbonyl (C=O) groups is 2. The highest BCUT2D eigenvalue weighted by atomic mass is 19.1. The summed E-state index contributed by atoms with van der Waals surface area (Å²) in [4.78, 5) is 35.5. The molecule has 1 heterocycles. The number of hydrogen-bond acceptors (Lipinski definition) is 5. The summed E-state index contributed by atoms with van der Waals surface area (Å²) in [6.07, 6.45) is 0. The van der Waals surface area contributed by atoms with Gasteiger partial charge in [-0.3, -0.25) is 9.59 Å². The number of halogens is 1. The van der Waals surface area contributed by atoms with E-state index in [1.54, 1.807) is 24.3 Å². The van der Waals surface area contributed by atoms with Crippen LogP contribution in [0.15, 0.2) is 57.7 Å². The predicted octanol–water partition coefficient (Wildman–Crippen LogP) is 1.64. The predicted molar refractivity (Wildman–Crippen MR) is 94.6 cm³/mol. The highest BCUT2D eigenvalue weighted by molar-refractivity contribution is 5.95. The number of hydrogen-bond donors (Lipinski definition) is 2. The van der Waals surface area contributed by atoms with E-state index in [2.05, 4.69) is 15.7 Å². The van der Waals surface area contributed by atoms with Crippen LogP contribution in [0.1, 0.15) is 10.4 Å². The molecule has 27 heavy (non-hydrogen) atoms. The smallest absolute Gasteiger partial charge is 0.388 e. The van der Waals surface area contributed by atoms with Crippen LogP contribution in [0.5, 0.6) is 0 Å². The molecule has 0 bridgehead atoms. The van der Waals surface area contributed by atoms with Gasteiger partial charge < -0.3 is 15.1 Å². The minimum atomic E-state index is -0.806. The molecule has 8 nitrogen and oxygen atoms in total. The van der Waals surface area contributed by atoms with Gasteiger partial charge in [-0.05, 0) is 48.5 Å². The Labute approximate surface area is 152 Å². The third kappa shape index (κ3) is 4.27. The number of nitrogens with one attached hydrogen (secondary N) is 2. The van der Waals surface area contributed by atoms with E-state index in [0.29, 0.717) is 16.8 Å². The van der Waals surface area contributed by atoms with Crippen LogP contribution in [0, 0.1) is 5.82 Å². The number of carbonyl (C=O) groups excluding carboxylic acids is 2. The molecule has 0 unspecified atom stereocenters. The van der Waals surface area contributed by atoms with E-state index in [4.69, 9.17) is 4.42 Å². The third-order valence-electron chi connectivity index (χ3n) is 3.65. The summed E-state index contributed by atoms with van der Waals surface area (Å²) in [6, 6.07) is 11.5. The first kappa shape index (κ1) is 18.1. The second kappa shape index (κ2) is 7.65. The Morgan fingerprint density at radius 2 is 1.78 bits per heavy atom. The molecule has 9 heteroatoms. The molecule has 0 saturated heterocycles. The molecule has 0 aliphatic carbocycles. The molecule has 0 aliphatic rings. The molecule has 1 aromatic heterocycles. The van der Waals surface area contributed by atoms with Gasteiger partial charge in [0.1, 0.15) is 12.4 Å². The quantitative estimate of drug-likeness (QED) is 0.710. The molecule has 3 rings (SSSR count). The number of anilines is 1. The Bertz CT molecular complexity index is 1020. The Hall–Kier alpha value is -3.75. The number of rotatable bonds is 5.